The first-order valence-electron chi connectivity index (χ1n) is 9.50. The molecule has 1 heterocycles. The number of carboxylic acids is 1. The van der Waals surface area contributed by atoms with Crippen molar-refractivity contribution in [2.75, 3.05) is 0 Å². The molecule has 0 radical (unpaired) electrons. The number of halogens is 2. The van der Waals surface area contributed by atoms with E-state index in [1.165, 1.54) is 12.1 Å². The fraction of sp³-hybridized carbons (Fsp3) is 0.0400. The third-order valence-corrected chi connectivity index (χ3v) is 5.52. The second-order valence-electron chi connectivity index (χ2n) is 7.05. The van der Waals surface area contributed by atoms with Gasteiger partial charge in [0.1, 0.15) is 0 Å². The highest BCUT2D eigenvalue weighted by Crippen LogP contribution is 2.33. The lowest BCUT2D eigenvalue weighted by Crippen LogP contribution is -2.25. The molecule has 6 heteroatoms. The van der Waals surface area contributed by atoms with E-state index in [-0.39, 0.29) is 11.5 Å². The van der Waals surface area contributed by atoms with Crippen molar-refractivity contribution in [2.24, 2.45) is 0 Å². The summed E-state index contributed by atoms with van der Waals surface area (Å²) in [4.78, 5) is 26.1. The molecule has 154 valence electrons. The van der Waals surface area contributed by atoms with Gasteiger partial charge in [0, 0.05) is 15.6 Å². The van der Waals surface area contributed by atoms with Crippen molar-refractivity contribution in [1.29, 1.82) is 0 Å². The first-order chi connectivity index (χ1) is 14.9. The molecule has 1 amide bonds. The van der Waals surface area contributed by atoms with Gasteiger partial charge < -0.3 is 10.0 Å². The molecule has 4 nitrogen and oxygen atoms in total. The lowest BCUT2D eigenvalue weighted by Gasteiger charge is -2.21. The second-order valence-corrected chi connectivity index (χ2v) is 7.90. The molecule has 1 aliphatic rings. The van der Waals surface area contributed by atoms with Crippen molar-refractivity contribution in [3.05, 3.63) is 117 Å². The van der Waals surface area contributed by atoms with Gasteiger partial charge in [0.05, 0.1) is 17.8 Å². The molecule has 0 bridgehead atoms. The molecular formula is C25H17Cl2NO3. The largest absolute Gasteiger partial charge is 0.478 e. The van der Waals surface area contributed by atoms with Gasteiger partial charge in [0.2, 0.25) is 0 Å². The minimum atomic E-state index is -0.987. The van der Waals surface area contributed by atoms with E-state index in [4.69, 9.17) is 28.3 Å². The minimum absolute atomic E-state index is 0.160. The van der Waals surface area contributed by atoms with E-state index in [0.717, 1.165) is 16.8 Å². The number of aromatic carboxylic acids is 1. The van der Waals surface area contributed by atoms with Crippen LogP contribution in [0.1, 0.15) is 27.0 Å². The van der Waals surface area contributed by atoms with Crippen LogP contribution in [0.3, 0.4) is 0 Å². The number of nitrogens with zero attached hydrogens (tertiary/aromatic N) is 1. The van der Waals surface area contributed by atoms with Crippen LogP contribution < -0.4 is 0 Å². The zero-order valence-corrected chi connectivity index (χ0v) is 17.8. The smallest absolute Gasteiger partial charge is 0.335 e. The molecule has 1 aliphatic heterocycles. The molecular weight excluding hydrogens is 433 g/mol. The fourth-order valence-electron chi connectivity index (χ4n) is 3.38. The molecule has 0 saturated heterocycles. The van der Waals surface area contributed by atoms with Crippen LogP contribution in [-0.2, 0) is 11.3 Å². The van der Waals surface area contributed by atoms with Gasteiger partial charge in [-0.25, -0.2) is 4.79 Å². The Morgan fingerprint density at radius 1 is 0.968 bits per heavy atom. The van der Waals surface area contributed by atoms with Crippen molar-refractivity contribution < 1.29 is 14.7 Å². The Morgan fingerprint density at radius 2 is 1.68 bits per heavy atom. The second kappa shape index (κ2) is 8.80. The Hall–Kier alpha value is -3.34. The first-order valence-corrected chi connectivity index (χ1v) is 10.3. The van der Waals surface area contributed by atoms with E-state index < -0.39 is 5.97 Å². The van der Waals surface area contributed by atoms with E-state index in [9.17, 15) is 9.59 Å². The predicted molar refractivity (Wildman–Crippen MR) is 123 cm³/mol. The minimum Gasteiger partial charge on any atom is -0.478 e. The van der Waals surface area contributed by atoms with Crippen LogP contribution in [0.25, 0.3) is 11.8 Å². The molecule has 0 fully saturated rings. The van der Waals surface area contributed by atoms with Crippen LogP contribution >= 0.6 is 23.2 Å². The molecule has 0 aliphatic carbocycles. The lowest BCUT2D eigenvalue weighted by molar-refractivity contribution is -0.123. The summed E-state index contributed by atoms with van der Waals surface area (Å²) in [5.74, 6) is -1.15. The van der Waals surface area contributed by atoms with Gasteiger partial charge >= 0.3 is 5.97 Å². The number of hydrogen-bond donors (Lipinski definition) is 1. The van der Waals surface area contributed by atoms with Gasteiger partial charge in [-0.05, 0) is 53.1 Å². The molecule has 3 aromatic rings. The summed E-state index contributed by atoms with van der Waals surface area (Å²) >= 11 is 12.3. The Morgan fingerprint density at radius 3 is 2.32 bits per heavy atom. The quantitative estimate of drug-likeness (QED) is 0.474. The van der Waals surface area contributed by atoms with Gasteiger partial charge in [-0.3, -0.25) is 4.79 Å². The highest BCUT2D eigenvalue weighted by atomic mass is 35.5. The number of benzene rings is 3. The molecule has 0 unspecified atom stereocenters. The Bertz CT molecular complexity index is 1220. The van der Waals surface area contributed by atoms with E-state index in [1.54, 1.807) is 41.3 Å². The molecule has 0 saturated carbocycles. The highest BCUT2D eigenvalue weighted by Gasteiger charge is 2.29. The van der Waals surface area contributed by atoms with Crippen LogP contribution in [0.4, 0.5) is 0 Å². The summed E-state index contributed by atoms with van der Waals surface area (Å²) in [6.45, 7) is 0.311. The van der Waals surface area contributed by atoms with Gasteiger partial charge in [-0.15, -0.1) is 0 Å². The molecule has 0 aromatic heterocycles. The summed E-state index contributed by atoms with van der Waals surface area (Å²) in [5, 5.41) is 10.1. The number of rotatable bonds is 5. The SMILES string of the molecule is O=C(O)c1ccc(CN2C(=O)C(=Cc3ccc(Cl)cc3Cl)C=C2c2ccccc2)cc1. The standard InChI is InChI=1S/C25H17Cl2NO3/c26-21-11-10-19(22(27)14-21)12-20-13-23(17-4-2-1-3-5-17)28(24(20)29)15-16-6-8-18(9-7-16)25(30)31/h1-14H,15H2,(H,30,31). The summed E-state index contributed by atoms with van der Waals surface area (Å²) in [6, 6.07) is 21.3. The average molecular weight is 450 g/mol. The molecule has 31 heavy (non-hydrogen) atoms. The van der Waals surface area contributed by atoms with Crippen LogP contribution in [0.2, 0.25) is 10.0 Å². The van der Waals surface area contributed by atoms with Crippen LogP contribution in [0, 0.1) is 0 Å². The number of amides is 1. The predicted octanol–water partition coefficient (Wildman–Crippen LogP) is 6.16. The van der Waals surface area contributed by atoms with Crippen molar-refractivity contribution in [3.8, 4) is 0 Å². The van der Waals surface area contributed by atoms with Crippen molar-refractivity contribution in [3.63, 3.8) is 0 Å². The topological polar surface area (TPSA) is 57.6 Å². The Kier molecular flexibility index (Phi) is 5.94. The van der Waals surface area contributed by atoms with Crippen LogP contribution in [0.5, 0.6) is 0 Å². The van der Waals surface area contributed by atoms with Crippen LogP contribution in [0.15, 0.2) is 84.4 Å². The highest BCUT2D eigenvalue weighted by molar-refractivity contribution is 6.35. The zero-order chi connectivity index (χ0) is 22.0. The van der Waals surface area contributed by atoms with Crippen molar-refractivity contribution >= 4 is 46.9 Å². The van der Waals surface area contributed by atoms with Gasteiger partial charge in [0.25, 0.3) is 5.91 Å². The molecule has 4 rings (SSSR count). The lowest BCUT2D eigenvalue weighted by atomic mass is 10.1. The maximum Gasteiger partial charge on any atom is 0.335 e. The molecule has 0 atom stereocenters. The first kappa shape index (κ1) is 20.9. The summed E-state index contributed by atoms with van der Waals surface area (Å²) in [7, 11) is 0. The summed E-state index contributed by atoms with van der Waals surface area (Å²) in [6.07, 6.45) is 3.59. The Balaban J connectivity index is 1.71. The van der Waals surface area contributed by atoms with Crippen molar-refractivity contribution in [1.82, 2.24) is 4.90 Å². The number of carboxylic acid groups (broad SMARTS) is 1. The number of carbonyl (C=O) groups is 2. The van der Waals surface area contributed by atoms with Crippen molar-refractivity contribution in [2.45, 2.75) is 6.54 Å². The van der Waals surface area contributed by atoms with E-state index in [2.05, 4.69) is 0 Å². The monoisotopic (exact) mass is 449 g/mol. The Labute approximate surface area is 189 Å². The number of hydrogen-bond acceptors (Lipinski definition) is 2. The average Bonchev–Trinajstić information content (AvgIpc) is 3.06. The maximum absolute atomic E-state index is 13.3. The third kappa shape index (κ3) is 4.55. The zero-order valence-electron chi connectivity index (χ0n) is 16.3. The normalized spacial score (nSPS) is 14.8. The summed E-state index contributed by atoms with van der Waals surface area (Å²) in [5.41, 5.74) is 3.91. The van der Waals surface area contributed by atoms with Crippen LogP contribution in [-0.4, -0.2) is 21.9 Å². The van der Waals surface area contributed by atoms with Gasteiger partial charge in [0.15, 0.2) is 0 Å². The summed E-state index contributed by atoms with van der Waals surface area (Å²) < 4.78 is 0. The van der Waals surface area contributed by atoms with Gasteiger partial charge in [-0.1, -0.05) is 71.7 Å². The van der Waals surface area contributed by atoms with E-state index >= 15 is 0 Å². The molecule has 3 aromatic carbocycles. The third-order valence-electron chi connectivity index (χ3n) is 4.96. The van der Waals surface area contributed by atoms with E-state index in [0.29, 0.717) is 27.7 Å². The molecule has 1 N–H and O–H groups in total. The number of carbonyl (C=O) groups excluding carboxylic acids is 1. The van der Waals surface area contributed by atoms with Gasteiger partial charge in [-0.2, -0.15) is 0 Å². The maximum atomic E-state index is 13.3. The fourth-order valence-corrected chi connectivity index (χ4v) is 3.85. The molecule has 0 spiro atoms. The van der Waals surface area contributed by atoms with E-state index in [1.807, 2.05) is 36.4 Å².